The van der Waals surface area contributed by atoms with Crippen molar-refractivity contribution in [3.63, 3.8) is 0 Å². The molecule has 1 aliphatic carbocycles. The number of carbonyl (C=O) groups is 2. The Hall–Kier alpha value is -2.78. The minimum Gasteiger partial charge on any atom is -0.392 e. The summed E-state index contributed by atoms with van der Waals surface area (Å²) in [7, 11) is 0. The number of aliphatic hydroxyl groups is 2. The summed E-state index contributed by atoms with van der Waals surface area (Å²) < 4.78 is 0. The summed E-state index contributed by atoms with van der Waals surface area (Å²) >= 11 is 0. The van der Waals surface area contributed by atoms with E-state index in [1.165, 1.54) is 0 Å². The van der Waals surface area contributed by atoms with Gasteiger partial charge in [-0.05, 0) is 42.9 Å². The van der Waals surface area contributed by atoms with Crippen molar-refractivity contribution in [2.24, 2.45) is 5.92 Å². The van der Waals surface area contributed by atoms with E-state index in [0.717, 1.165) is 36.1 Å². The second-order valence-corrected chi connectivity index (χ2v) is 11.1. The molecule has 2 amide bonds. The van der Waals surface area contributed by atoms with Crippen LogP contribution in [0.4, 0.5) is 0 Å². The molecule has 6 atom stereocenters. The molecule has 1 saturated heterocycles. The van der Waals surface area contributed by atoms with Crippen molar-refractivity contribution >= 4 is 11.8 Å². The molecule has 0 aromatic heterocycles. The van der Waals surface area contributed by atoms with Crippen molar-refractivity contribution < 1.29 is 19.8 Å². The predicted molar refractivity (Wildman–Crippen MR) is 152 cm³/mol. The number of piperazine rings is 1. The van der Waals surface area contributed by atoms with Gasteiger partial charge in [-0.1, -0.05) is 67.9 Å². The molecule has 0 radical (unpaired) electrons. The fourth-order valence-electron chi connectivity index (χ4n) is 5.94. The molecule has 8 nitrogen and oxygen atoms in total. The Morgan fingerprint density at radius 3 is 2.64 bits per heavy atom. The van der Waals surface area contributed by atoms with Crippen molar-refractivity contribution in [1.29, 1.82) is 0 Å². The van der Waals surface area contributed by atoms with E-state index in [9.17, 15) is 19.8 Å². The Balaban J connectivity index is 1.43. The average molecular weight is 537 g/mol. The summed E-state index contributed by atoms with van der Waals surface area (Å²) in [6.07, 6.45) is 1.71. The smallest absolute Gasteiger partial charge is 0.238 e. The molecule has 2 aromatic carbocycles. The van der Waals surface area contributed by atoms with E-state index in [1.807, 2.05) is 66.4 Å². The first-order valence-corrected chi connectivity index (χ1v) is 14.4. The van der Waals surface area contributed by atoms with Crippen LogP contribution in [-0.2, 0) is 22.4 Å². The molecule has 1 fully saturated rings. The molecule has 8 heteroatoms. The molecule has 2 unspecified atom stereocenters. The van der Waals surface area contributed by atoms with Crippen LogP contribution in [0.25, 0.3) is 0 Å². The number of hydrogen-bond acceptors (Lipinski definition) is 6. The van der Waals surface area contributed by atoms with E-state index in [4.69, 9.17) is 0 Å². The Morgan fingerprint density at radius 1 is 1.13 bits per heavy atom. The number of fused-ring (bicyclic) bond motifs is 1. The van der Waals surface area contributed by atoms with E-state index < -0.39 is 24.2 Å². The number of nitrogens with one attached hydrogen (secondary N) is 3. The van der Waals surface area contributed by atoms with Crippen molar-refractivity contribution in [2.75, 3.05) is 26.2 Å². The maximum Gasteiger partial charge on any atom is 0.238 e. The van der Waals surface area contributed by atoms with Crippen LogP contribution in [-0.4, -0.2) is 77.4 Å². The molecule has 1 heterocycles. The zero-order valence-electron chi connectivity index (χ0n) is 23.2. The maximum absolute atomic E-state index is 13.6. The summed E-state index contributed by atoms with van der Waals surface area (Å²) in [5.41, 5.74) is 3.01. The number of rotatable bonds is 12. The molecule has 4 rings (SSSR count). The van der Waals surface area contributed by atoms with Gasteiger partial charge in [-0.3, -0.25) is 14.5 Å². The van der Waals surface area contributed by atoms with Crippen LogP contribution in [0.2, 0.25) is 0 Å². The highest BCUT2D eigenvalue weighted by Crippen LogP contribution is 2.32. The van der Waals surface area contributed by atoms with Gasteiger partial charge >= 0.3 is 0 Å². The molecule has 2 aromatic rings. The molecular formula is C31H44N4O4. The molecule has 1 aliphatic heterocycles. The van der Waals surface area contributed by atoms with Gasteiger partial charge in [0.25, 0.3) is 0 Å². The van der Waals surface area contributed by atoms with Crippen LogP contribution >= 0.6 is 0 Å². The topological polar surface area (TPSA) is 114 Å². The maximum atomic E-state index is 13.6. The van der Waals surface area contributed by atoms with Crippen LogP contribution in [0.1, 0.15) is 55.8 Å². The normalized spacial score (nSPS) is 23.4. The van der Waals surface area contributed by atoms with Crippen molar-refractivity contribution in [3.05, 3.63) is 71.3 Å². The van der Waals surface area contributed by atoms with E-state index in [0.29, 0.717) is 32.5 Å². The Bertz CT molecular complexity index is 1080. The van der Waals surface area contributed by atoms with Gasteiger partial charge < -0.3 is 26.2 Å². The lowest BCUT2D eigenvalue weighted by atomic mass is 9.91. The number of benzene rings is 2. The molecule has 212 valence electrons. The minimum atomic E-state index is -0.785. The van der Waals surface area contributed by atoms with Gasteiger partial charge in [0.2, 0.25) is 11.8 Å². The number of aliphatic hydroxyl groups excluding tert-OH is 2. The highest BCUT2D eigenvalue weighted by atomic mass is 16.3. The van der Waals surface area contributed by atoms with E-state index in [-0.39, 0.29) is 30.3 Å². The van der Waals surface area contributed by atoms with Gasteiger partial charge in [0.05, 0.1) is 18.2 Å². The largest absolute Gasteiger partial charge is 0.392 e. The molecule has 0 bridgehead atoms. The first kappa shape index (κ1) is 29.2. The molecule has 0 saturated carbocycles. The monoisotopic (exact) mass is 536 g/mol. The van der Waals surface area contributed by atoms with Crippen LogP contribution in [0.3, 0.4) is 0 Å². The van der Waals surface area contributed by atoms with Crippen molar-refractivity contribution in [2.45, 2.75) is 76.3 Å². The molecule has 0 spiro atoms. The standard InChI is InChI=1S/C31H44N4O4/c1-3-9-21(2)33-31(39)27-19-32-14-15-35(27)20-25(36)17-24(16-22-10-5-4-6-11-22)30(38)34-29-26-13-8-7-12-23(26)18-28(29)37/h4-8,10-13,21,24-25,27-29,32,36-37H,3,9,14-20H2,1-2H3,(H,33,39)(H,34,38)/t21?,24-,25-,27-,28+,29?/m0/s1. The summed E-state index contributed by atoms with van der Waals surface area (Å²) in [6, 6.07) is 16.9. The SMILES string of the molecule is CCCC(C)NC(=O)[C@@H]1CNCCN1C[C@@H](O)C[C@H](Cc1ccccc1)C(=O)NC1c2ccccc2C[C@H]1O. The lowest BCUT2D eigenvalue weighted by molar-refractivity contribution is -0.130. The Morgan fingerprint density at radius 2 is 1.87 bits per heavy atom. The average Bonchev–Trinajstić information content (AvgIpc) is 3.23. The summed E-state index contributed by atoms with van der Waals surface area (Å²) in [5, 5.41) is 31.4. The van der Waals surface area contributed by atoms with E-state index in [1.54, 1.807) is 0 Å². The number of β-amino-alcohol motifs (C(OH)–C–C–N with tert-alkyl or cyclic N) is 1. The van der Waals surface area contributed by atoms with E-state index >= 15 is 0 Å². The van der Waals surface area contributed by atoms with Crippen LogP contribution in [0.15, 0.2) is 54.6 Å². The fourth-order valence-corrected chi connectivity index (χ4v) is 5.94. The first-order valence-electron chi connectivity index (χ1n) is 14.4. The van der Waals surface area contributed by atoms with Gasteiger partial charge in [-0.25, -0.2) is 0 Å². The quantitative estimate of drug-likeness (QED) is 0.283. The zero-order chi connectivity index (χ0) is 27.8. The second-order valence-electron chi connectivity index (χ2n) is 11.1. The third-order valence-electron chi connectivity index (χ3n) is 7.97. The first-order chi connectivity index (χ1) is 18.9. The fraction of sp³-hybridized carbons (Fsp3) is 0.548. The van der Waals surface area contributed by atoms with Crippen molar-refractivity contribution in [1.82, 2.24) is 20.9 Å². The van der Waals surface area contributed by atoms with Crippen LogP contribution < -0.4 is 16.0 Å². The third-order valence-corrected chi connectivity index (χ3v) is 7.97. The third kappa shape index (κ3) is 7.88. The van der Waals surface area contributed by atoms with Gasteiger partial charge in [-0.2, -0.15) is 0 Å². The molecular weight excluding hydrogens is 492 g/mol. The summed E-state index contributed by atoms with van der Waals surface area (Å²) in [5.74, 6) is -0.688. The summed E-state index contributed by atoms with van der Waals surface area (Å²) in [6.45, 7) is 6.36. The van der Waals surface area contributed by atoms with Crippen LogP contribution in [0.5, 0.6) is 0 Å². The number of amides is 2. The van der Waals surface area contributed by atoms with Crippen molar-refractivity contribution in [3.8, 4) is 0 Å². The minimum absolute atomic E-state index is 0.0252. The Kier molecular flexibility index (Phi) is 10.5. The molecule has 39 heavy (non-hydrogen) atoms. The number of hydrogen-bond donors (Lipinski definition) is 5. The molecule has 2 aliphatic rings. The van der Waals surface area contributed by atoms with Gasteiger partial charge in [0.15, 0.2) is 0 Å². The Labute approximate surface area is 232 Å². The highest BCUT2D eigenvalue weighted by molar-refractivity contribution is 5.82. The van der Waals surface area contributed by atoms with Gasteiger partial charge in [0.1, 0.15) is 6.04 Å². The van der Waals surface area contributed by atoms with Gasteiger partial charge in [0, 0.05) is 44.6 Å². The highest BCUT2D eigenvalue weighted by Gasteiger charge is 2.35. The summed E-state index contributed by atoms with van der Waals surface area (Å²) in [4.78, 5) is 28.7. The zero-order valence-corrected chi connectivity index (χ0v) is 23.2. The van der Waals surface area contributed by atoms with Gasteiger partial charge in [-0.15, -0.1) is 0 Å². The lowest BCUT2D eigenvalue weighted by Gasteiger charge is -2.37. The lowest BCUT2D eigenvalue weighted by Crippen LogP contribution is -2.60. The molecule has 5 N–H and O–H groups in total. The van der Waals surface area contributed by atoms with E-state index in [2.05, 4.69) is 22.9 Å². The number of nitrogens with zero attached hydrogens (tertiary/aromatic N) is 1. The second kappa shape index (κ2) is 14.0. The van der Waals surface area contributed by atoms with Crippen LogP contribution in [0, 0.1) is 5.92 Å². The predicted octanol–water partition coefficient (Wildman–Crippen LogP) is 1.95. The number of carbonyl (C=O) groups excluding carboxylic acids is 2.